The van der Waals surface area contributed by atoms with Gasteiger partial charge in [0.1, 0.15) is 11.6 Å². The van der Waals surface area contributed by atoms with Gasteiger partial charge in [-0.1, -0.05) is 28.3 Å². The summed E-state index contributed by atoms with van der Waals surface area (Å²) >= 11 is 2.22. The van der Waals surface area contributed by atoms with Crippen molar-refractivity contribution >= 4 is 48.8 Å². The average molecular weight is 651 g/mol. The minimum absolute atomic E-state index is 0.0141. The molecule has 1 amide bonds. The van der Waals surface area contributed by atoms with E-state index in [1.165, 1.54) is 5.56 Å². The van der Waals surface area contributed by atoms with E-state index in [0.717, 1.165) is 64.3 Å². The molecule has 2 aliphatic heterocycles. The predicted molar refractivity (Wildman–Crippen MR) is 164 cm³/mol. The Bertz CT molecular complexity index is 1640. The lowest BCUT2D eigenvalue weighted by Crippen LogP contribution is -2.51. The summed E-state index contributed by atoms with van der Waals surface area (Å²) in [6.45, 7) is 4.47. The molecule has 4 aromatic rings. The van der Waals surface area contributed by atoms with Gasteiger partial charge in [0, 0.05) is 22.9 Å². The molecule has 0 spiro atoms. The van der Waals surface area contributed by atoms with Gasteiger partial charge < -0.3 is 19.9 Å². The Morgan fingerprint density at radius 2 is 2.05 bits per heavy atom. The average Bonchev–Trinajstić information content (AvgIpc) is 3.38. The number of halogens is 1. The number of amides is 1. The topological polar surface area (TPSA) is 81.1 Å². The van der Waals surface area contributed by atoms with Crippen molar-refractivity contribution in [2.75, 3.05) is 7.05 Å². The van der Waals surface area contributed by atoms with E-state index in [0.29, 0.717) is 11.5 Å². The Balaban J connectivity index is 1.33. The van der Waals surface area contributed by atoms with Crippen molar-refractivity contribution in [3.05, 3.63) is 76.9 Å². The molecule has 7 nitrogen and oxygen atoms in total. The van der Waals surface area contributed by atoms with Crippen LogP contribution in [0.15, 0.2) is 48.7 Å². The molecular weight excluding hydrogens is 620 g/mol. The highest BCUT2D eigenvalue weighted by atomic mass is 127. The second-order valence-corrected chi connectivity index (χ2v) is 14.4. The number of aromatic nitrogens is 3. The number of aryl methyl sites for hydroxylation is 1. The van der Waals surface area contributed by atoms with Gasteiger partial charge in [-0.3, -0.25) is 9.78 Å². The number of carbonyl (C=O) groups is 1. The number of benzene rings is 2. The van der Waals surface area contributed by atoms with Crippen molar-refractivity contribution < 1.29 is 9.53 Å². The van der Waals surface area contributed by atoms with Gasteiger partial charge in [-0.25, -0.2) is 4.98 Å². The van der Waals surface area contributed by atoms with E-state index in [1.54, 1.807) is 0 Å². The molecule has 0 saturated heterocycles. The number of imidazole rings is 1. The summed E-state index contributed by atoms with van der Waals surface area (Å²) in [5, 5.41) is 6.77. The number of fused-ring (bicyclic) bond motifs is 9. The van der Waals surface area contributed by atoms with E-state index >= 15 is 0 Å². The summed E-state index contributed by atoms with van der Waals surface area (Å²) in [5.74, 6) is 2.29. The van der Waals surface area contributed by atoms with Crippen LogP contribution in [0.3, 0.4) is 0 Å². The first-order valence-corrected chi connectivity index (χ1v) is 15.4. The quantitative estimate of drug-likeness (QED) is 0.157. The summed E-state index contributed by atoms with van der Waals surface area (Å²) in [6, 6.07) is 14.2. The molecule has 3 aliphatic rings. The lowest BCUT2D eigenvalue weighted by Gasteiger charge is -2.46. The molecule has 3 unspecified atom stereocenters. The third kappa shape index (κ3) is 3.93. The van der Waals surface area contributed by atoms with Gasteiger partial charge in [-0.2, -0.15) is 0 Å². The number of hydrogen-bond acceptors (Lipinski definition) is 5. The van der Waals surface area contributed by atoms with Crippen LogP contribution in [-0.4, -0.2) is 31.3 Å². The smallest absolute Gasteiger partial charge is 0.252 e. The summed E-state index contributed by atoms with van der Waals surface area (Å²) in [6.07, 6.45) is 5.00. The number of rotatable bonds is 5. The molecule has 39 heavy (non-hydrogen) atoms. The van der Waals surface area contributed by atoms with Gasteiger partial charge in [0.05, 0.1) is 34.3 Å². The Labute approximate surface area is 243 Å². The molecular formula is C30H31IN5O2P. The maximum atomic E-state index is 13.2. The second kappa shape index (κ2) is 9.25. The number of pyridine rings is 1. The largest absolute Gasteiger partial charge is 0.476 e. The monoisotopic (exact) mass is 651 g/mol. The van der Waals surface area contributed by atoms with Gasteiger partial charge in [0.15, 0.2) is 3.85 Å². The van der Waals surface area contributed by atoms with Crippen LogP contribution in [-0.2, 0) is 5.54 Å². The highest BCUT2D eigenvalue weighted by Gasteiger charge is 2.44. The Morgan fingerprint density at radius 1 is 1.23 bits per heavy atom. The minimum atomic E-state index is -0.143. The van der Waals surface area contributed by atoms with Crippen LogP contribution in [0.4, 0.5) is 0 Å². The Hall–Kier alpha value is -2.55. The van der Waals surface area contributed by atoms with E-state index in [9.17, 15) is 4.79 Å². The van der Waals surface area contributed by atoms with E-state index < -0.39 is 0 Å². The SMILES string of the molecule is CNC1(c2ncc(-c3ccc4nc5n(c4c3)[C@@H]3CC5NC(=O)c4cccc(OC(P)I)c43)cc2C)CC(C)C1. The first-order valence-electron chi connectivity index (χ1n) is 13.5. The van der Waals surface area contributed by atoms with E-state index in [4.69, 9.17) is 14.7 Å². The summed E-state index contributed by atoms with van der Waals surface area (Å²) in [4.78, 5) is 23.1. The molecule has 4 heterocycles. The maximum absolute atomic E-state index is 13.2. The van der Waals surface area contributed by atoms with Crippen molar-refractivity contribution in [3.63, 3.8) is 0 Å². The highest BCUT2D eigenvalue weighted by Crippen LogP contribution is 2.48. The standard InChI is InChI=1S/C30H31IN5O2P/c1-15-12-30(13-15,32-3)26-16(2)9-18(14-33-26)17-7-8-20-22(10-17)36-23-11-21(27(36)34-20)35-28(37)19-5-4-6-24(25(19)23)38-29(31)39/h4-10,14-15,21,23,29,32H,11-13,39H2,1-3H3,(H,35,37)/t15?,21?,23-,29?,30?/m1/s1. The lowest BCUT2D eigenvalue weighted by molar-refractivity contribution is 0.0938. The molecule has 1 fully saturated rings. The molecule has 2 aromatic heterocycles. The molecule has 2 aromatic carbocycles. The number of hydrogen-bond donors (Lipinski definition) is 2. The zero-order valence-electron chi connectivity index (χ0n) is 22.2. The van der Waals surface area contributed by atoms with E-state index in [2.05, 4.69) is 85.1 Å². The molecule has 2 bridgehead atoms. The Morgan fingerprint density at radius 3 is 2.77 bits per heavy atom. The third-order valence-corrected chi connectivity index (χ3v) is 9.12. The summed E-state index contributed by atoms with van der Waals surface area (Å²) < 4.78 is 8.37. The molecule has 9 heteroatoms. The number of nitrogens with one attached hydrogen (secondary N) is 2. The molecule has 0 radical (unpaired) electrons. The van der Waals surface area contributed by atoms with E-state index in [-0.39, 0.29) is 27.4 Å². The van der Waals surface area contributed by atoms with Crippen LogP contribution in [0, 0.1) is 12.8 Å². The van der Waals surface area contributed by atoms with Crippen LogP contribution >= 0.6 is 31.8 Å². The molecule has 7 rings (SSSR count). The summed E-state index contributed by atoms with van der Waals surface area (Å²) in [5.41, 5.74) is 8.15. The predicted octanol–water partition coefficient (Wildman–Crippen LogP) is 6.00. The van der Waals surface area contributed by atoms with Crippen LogP contribution in [0.2, 0.25) is 0 Å². The van der Waals surface area contributed by atoms with Crippen LogP contribution < -0.4 is 15.4 Å². The van der Waals surface area contributed by atoms with E-state index in [1.807, 2.05) is 31.4 Å². The minimum Gasteiger partial charge on any atom is -0.476 e. The molecule has 1 aliphatic carbocycles. The van der Waals surface area contributed by atoms with Crippen molar-refractivity contribution in [2.45, 2.75) is 54.6 Å². The zero-order valence-corrected chi connectivity index (χ0v) is 25.5. The van der Waals surface area contributed by atoms with Crippen molar-refractivity contribution in [1.29, 1.82) is 0 Å². The van der Waals surface area contributed by atoms with Gasteiger partial charge >= 0.3 is 0 Å². The van der Waals surface area contributed by atoms with Crippen LogP contribution in [0.25, 0.3) is 22.2 Å². The highest BCUT2D eigenvalue weighted by molar-refractivity contribution is 14.1. The summed E-state index contributed by atoms with van der Waals surface area (Å²) in [7, 11) is 4.71. The lowest BCUT2D eigenvalue weighted by atomic mass is 9.66. The first kappa shape index (κ1) is 25.4. The fraction of sp³-hybridized carbons (Fsp3) is 0.367. The van der Waals surface area contributed by atoms with Gasteiger partial charge in [0.25, 0.3) is 5.91 Å². The molecule has 4 atom stereocenters. The van der Waals surface area contributed by atoms with Gasteiger partial charge in [-0.15, -0.1) is 0 Å². The number of nitrogens with zero attached hydrogens (tertiary/aromatic N) is 3. The molecule has 200 valence electrons. The van der Waals surface area contributed by atoms with Crippen molar-refractivity contribution in [2.24, 2.45) is 5.92 Å². The van der Waals surface area contributed by atoms with Crippen molar-refractivity contribution in [3.8, 4) is 16.9 Å². The molecule has 2 N–H and O–H groups in total. The fourth-order valence-corrected chi connectivity index (χ4v) is 7.51. The number of carbonyl (C=O) groups excluding carboxylic acids is 1. The van der Waals surface area contributed by atoms with Crippen molar-refractivity contribution in [1.82, 2.24) is 25.2 Å². The van der Waals surface area contributed by atoms with Gasteiger partial charge in [0.2, 0.25) is 0 Å². The van der Waals surface area contributed by atoms with Crippen LogP contribution in [0.5, 0.6) is 5.75 Å². The fourth-order valence-electron chi connectivity index (χ4n) is 7.09. The molecule has 1 saturated carbocycles. The zero-order chi connectivity index (χ0) is 27.1. The van der Waals surface area contributed by atoms with Crippen LogP contribution in [0.1, 0.15) is 71.3 Å². The number of alkyl halides is 1. The third-order valence-electron chi connectivity index (χ3n) is 8.73. The first-order chi connectivity index (χ1) is 18.8. The normalized spacial score (nSPS) is 25.9. The number of ether oxygens (including phenoxy) is 1. The Kier molecular flexibility index (Phi) is 6.03. The maximum Gasteiger partial charge on any atom is 0.252 e. The van der Waals surface area contributed by atoms with Gasteiger partial charge in [-0.05, 0) is 103 Å². The second-order valence-electron chi connectivity index (χ2n) is 11.2.